The summed E-state index contributed by atoms with van der Waals surface area (Å²) in [6, 6.07) is 14.4. The summed E-state index contributed by atoms with van der Waals surface area (Å²) in [5, 5.41) is 2.90. The molecule has 2 rings (SSSR count). The molecule has 0 saturated heterocycles. The average Bonchev–Trinajstić information content (AvgIpc) is 2.60. The normalized spacial score (nSPS) is 10.3. The molecule has 0 aromatic heterocycles. The van der Waals surface area contributed by atoms with E-state index in [1.54, 1.807) is 12.1 Å². The quantitative estimate of drug-likeness (QED) is 0.650. The lowest BCUT2D eigenvalue weighted by Crippen LogP contribution is -2.24. The largest absolute Gasteiger partial charge is 0.348 e. The molecule has 2 aromatic rings. The molecule has 2 aromatic carbocycles. The van der Waals surface area contributed by atoms with E-state index in [2.05, 4.69) is 43.1 Å². The number of hydrogen-bond donors (Lipinski definition) is 1. The first-order chi connectivity index (χ1) is 12.3. The summed E-state index contributed by atoms with van der Waals surface area (Å²) < 4.78 is 13.0. The highest BCUT2D eigenvalue weighted by Crippen LogP contribution is 2.29. The first-order valence-corrected chi connectivity index (χ1v) is 9.28. The Bertz CT molecular complexity index is 803. The van der Waals surface area contributed by atoms with Gasteiger partial charge in [-0.15, -0.1) is 0 Å². The van der Waals surface area contributed by atoms with Crippen LogP contribution in [-0.4, -0.2) is 5.91 Å². The molecular weight excluding hydrogens is 345 g/mol. The molecule has 26 heavy (non-hydrogen) atoms. The van der Waals surface area contributed by atoms with Gasteiger partial charge in [0.15, 0.2) is 0 Å². The molecule has 0 saturated carbocycles. The summed E-state index contributed by atoms with van der Waals surface area (Å²) in [7, 11) is 0. The number of amides is 1. The van der Waals surface area contributed by atoms with E-state index in [0.717, 1.165) is 16.0 Å². The first kappa shape index (κ1) is 20.0. The summed E-state index contributed by atoms with van der Waals surface area (Å²) in [5.41, 5.74) is 4.19. The van der Waals surface area contributed by atoms with Crippen LogP contribution in [0.5, 0.6) is 0 Å². The number of allylic oxidation sites excluding steroid dienone is 2. The Hall–Kier alpha value is -2.33. The fourth-order valence-electron chi connectivity index (χ4n) is 2.35. The number of nitrogens with one attached hydrogen (secondary N) is 1. The molecule has 2 nitrogen and oxygen atoms in total. The van der Waals surface area contributed by atoms with Crippen LogP contribution in [0, 0.1) is 12.7 Å². The van der Waals surface area contributed by atoms with Gasteiger partial charge in [-0.1, -0.05) is 65.9 Å². The summed E-state index contributed by atoms with van der Waals surface area (Å²) in [6.45, 7) is 10.4. The van der Waals surface area contributed by atoms with Crippen LogP contribution in [0.15, 0.2) is 70.5 Å². The zero-order valence-electron chi connectivity index (χ0n) is 15.4. The standard InChI is InChI=1S/C22H24FNOS/c1-15(2)21(22(25)24-14-19-9-11-20(23)12-10-19)26-17(4)13-18-7-5-16(3)6-8-18/h5-12H,4,13-14H2,1-3H3,(H,24,25). The molecule has 1 amide bonds. The minimum absolute atomic E-state index is 0.135. The molecule has 0 heterocycles. The molecule has 0 unspecified atom stereocenters. The van der Waals surface area contributed by atoms with Gasteiger partial charge >= 0.3 is 0 Å². The molecule has 0 spiro atoms. The molecule has 0 aliphatic rings. The second-order valence-electron chi connectivity index (χ2n) is 6.44. The van der Waals surface area contributed by atoms with E-state index in [-0.39, 0.29) is 11.7 Å². The second kappa shape index (κ2) is 9.39. The highest BCUT2D eigenvalue weighted by molar-refractivity contribution is 8.07. The fraction of sp³-hybridized carbons (Fsp3) is 0.227. The zero-order valence-corrected chi connectivity index (χ0v) is 16.3. The van der Waals surface area contributed by atoms with E-state index >= 15 is 0 Å². The molecule has 4 heteroatoms. The zero-order chi connectivity index (χ0) is 19.1. The van der Waals surface area contributed by atoms with Gasteiger partial charge in [-0.25, -0.2) is 4.39 Å². The molecule has 1 N–H and O–H groups in total. The van der Waals surface area contributed by atoms with Crippen molar-refractivity contribution in [3.05, 3.63) is 93.0 Å². The van der Waals surface area contributed by atoms with Crippen molar-refractivity contribution in [3.8, 4) is 0 Å². The lowest BCUT2D eigenvalue weighted by molar-refractivity contribution is -0.117. The highest BCUT2D eigenvalue weighted by Gasteiger charge is 2.14. The number of aryl methyl sites for hydroxylation is 1. The van der Waals surface area contributed by atoms with Crippen LogP contribution in [0.4, 0.5) is 4.39 Å². The Morgan fingerprint density at radius 1 is 1.04 bits per heavy atom. The average molecular weight is 370 g/mol. The van der Waals surface area contributed by atoms with Crippen molar-refractivity contribution in [3.63, 3.8) is 0 Å². The van der Waals surface area contributed by atoms with Crippen molar-refractivity contribution in [1.82, 2.24) is 5.32 Å². The van der Waals surface area contributed by atoms with E-state index < -0.39 is 0 Å². The third kappa shape index (κ3) is 6.19. The van der Waals surface area contributed by atoms with Crippen LogP contribution >= 0.6 is 11.8 Å². The molecule has 0 aliphatic carbocycles. The third-order valence-electron chi connectivity index (χ3n) is 3.79. The van der Waals surface area contributed by atoms with Crippen LogP contribution in [-0.2, 0) is 17.8 Å². The first-order valence-electron chi connectivity index (χ1n) is 8.46. The van der Waals surface area contributed by atoms with Crippen molar-refractivity contribution >= 4 is 17.7 Å². The molecule has 0 radical (unpaired) electrons. The Kier molecular flexibility index (Phi) is 7.22. The van der Waals surface area contributed by atoms with E-state index in [0.29, 0.717) is 17.9 Å². The van der Waals surface area contributed by atoms with Gasteiger partial charge in [0.25, 0.3) is 5.91 Å². The number of carbonyl (C=O) groups excluding carboxylic acids is 1. The minimum Gasteiger partial charge on any atom is -0.348 e. The molecule has 0 atom stereocenters. The summed E-state index contributed by atoms with van der Waals surface area (Å²) in [4.78, 5) is 14.1. The van der Waals surface area contributed by atoms with Crippen molar-refractivity contribution in [2.24, 2.45) is 0 Å². The van der Waals surface area contributed by atoms with Gasteiger partial charge < -0.3 is 5.32 Å². The van der Waals surface area contributed by atoms with Gasteiger partial charge in [0.05, 0.1) is 4.91 Å². The van der Waals surface area contributed by atoms with Gasteiger partial charge in [-0.05, 0) is 48.9 Å². The Balaban J connectivity index is 1.95. The van der Waals surface area contributed by atoms with Gasteiger partial charge in [-0.2, -0.15) is 0 Å². The van der Waals surface area contributed by atoms with Gasteiger partial charge in [0.1, 0.15) is 5.82 Å². The van der Waals surface area contributed by atoms with Gasteiger partial charge in [-0.3, -0.25) is 4.79 Å². The predicted molar refractivity (Wildman–Crippen MR) is 108 cm³/mol. The molecule has 0 bridgehead atoms. The maximum Gasteiger partial charge on any atom is 0.258 e. The fourth-order valence-corrected chi connectivity index (χ4v) is 3.25. The van der Waals surface area contributed by atoms with Crippen molar-refractivity contribution in [2.75, 3.05) is 0 Å². The number of hydrogen-bond acceptors (Lipinski definition) is 2. The lowest BCUT2D eigenvalue weighted by Gasteiger charge is -2.12. The number of thioether (sulfide) groups is 1. The summed E-state index contributed by atoms with van der Waals surface area (Å²) in [5.74, 6) is -0.419. The summed E-state index contributed by atoms with van der Waals surface area (Å²) >= 11 is 1.41. The Morgan fingerprint density at radius 2 is 1.62 bits per heavy atom. The van der Waals surface area contributed by atoms with Crippen LogP contribution in [0.3, 0.4) is 0 Å². The minimum atomic E-state index is -0.284. The van der Waals surface area contributed by atoms with Crippen molar-refractivity contribution in [2.45, 2.75) is 33.7 Å². The van der Waals surface area contributed by atoms with E-state index in [4.69, 9.17) is 0 Å². The predicted octanol–water partition coefficient (Wildman–Crippen LogP) is 5.53. The maximum absolute atomic E-state index is 13.0. The van der Waals surface area contributed by atoms with Crippen molar-refractivity contribution < 1.29 is 9.18 Å². The third-order valence-corrected chi connectivity index (χ3v) is 5.03. The number of rotatable bonds is 7. The van der Waals surface area contributed by atoms with Gasteiger partial charge in [0, 0.05) is 13.0 Å². The summed E-state index contributed by atoms with van der Waals surface area (Å²) in [6.07, 6.45) is 0.715. The molecular formula is C22H24FNOS. The smallest absolute Gasteiger partial charge is 0.258 e. The molecule has 136 valence electrons. The van der Waals surface area contributed by atoms with E-state index in [1.807, 2.05) is 13.8 Å². The highest BCUT2D eigenvalue weighted by atomic mass is 32.2. The monoisotopic (exact) mass is 369 g/mol. The second-order valence-corrected chi connectivity index (χ2v) is 7.63. The topological polar surface area (TPSA) is 29.1 Å². The van der Waals surface area contributed by atoms with E-state index in [9.17, 15) is 9.18 Å². The number of halogens is 1. The van der Waals surface area contributed by atoms with E-state index in [1.165, 1.54) is 35.0 Å². The van der Waals surface area contributed by atoms with Crippen LogP contribution in [0.2, 0.25) is 0 Å². The lowest BCUT2D eigenvalue weighted by atomic mass is 10.1. The Labute approximate surface area is 159 Å². The maximum atomic E-state index is 13.0. The molecule has 0 fully saturated rings. The van der Waals surface area contributed by atoms with Gasteiger partial charge in [0.2, 0.25) is 0 Å². The van der Waals surface area contributed by atoms with Crippen LogP contribution < -0.4 is 5.32 Å². The SMILES string of the molecule is C=C(Cc1ccc(C)cc1)SC(C(=O)NCc1ccc(F)cc1)=C(C)C. The Morgan fingerprint density at radius 3 is 2.19 bits per heavy atom. The van der Waals surface area contributed by atoms with Crippen molar-refractivity contribution in [1.29, 1.82) is 0 Å². The van der Waals surface area contributed by atoms with Crippen LogP contribution in [0.25, 0.3) is 0 Å². The number of carbonyl (C=O) groups is 1. The number of benzene rings is 2. The molecule has 0 aliphatic heterocycles. The van der Waals surface area contributed by atoms with Crippen LogP contribution in [0.1, 0.15) is 30.5 Å².